The van der Waals surface area contributed by atoms with Crippen molar-refractivity contribution in [2.75, 3.05) is 18.6 Å². The number of nitrogens with zero attached hydrogens (tertiary/aromatic N) is 1. The van der Waals surface area contributed by atoms with Crippen LogP contribution in [-0.4, -0.2) is 31.7 Å². The molecule has 1 aromatic carbocycles. The van der Waals surface area contributed by atoms with E-state index < -0.39 is 12.0 Å². The lowest BCUT2D eigenvalue weighted by Gasteiger charge is -2.25. The minimum Gasteiger partial charge on any atom is -0.467 e. The quantitative estimate of drug-likeness (QED) is 0.820. The number of hydrogen-bond acceptors (Lipinski definition) is 3. The highest BCUT2D eigenvalue weighted by atomic mass is 16.5. The monoisotopic (exact) mass is 292 g/mol. The zero-order valence-corrected chi connectivity index (χ0v) is 13.1. The number of nitrogens with one attached hydrogen (secondary N) is 1. The van der Waals surface area contributed by atoms with Crippen LogP contribution in [0.2, 0.25) is 0 Å². The van der Waals surface area contributed by atoms with Gasteiger partial charge < -0.3 is 10.1 Å². The van der Waals surface area contributed by atoms with Crippen molar-refractivity contribution in [1.29, 1.82) is 0 Å². The molecule has 0 aliphatic carbocycles. The van der Waals surface area contributed by atoms with Crippen LogP contribution in [0.3, 0.4) is 0 Å². The van der Waals surface area contributed by atoms with Crippen LogP contribution < -0.4 is 10.2 Å². The van der Waals surface area contributed by atoms with Gasteiger partial charge in [-0.2, -0.15) is 0 Å². The van der Waals surface area contributed by atoms with E-state index in [0.717, 1.165) is 5.69 Å². The van der Waals surface area contributed by atoms with E-state index >= 15 is 0 Å². The maximum absolute atomic E-state index is 12.4. The molecule has 0 spiro atoms. The van der Waals surface area contributed by atoms with E-state index in [4.69, 9.17) is 4.74 Å². The summed E-state index contributed by atoms with van der Waals surface area (Å²) in [6.07, 6.45) is 0.546. The first-order valence-electron chi connectivity index (χ1n) is 7.20. The summed E-state index contributed by atoms with van der Waals surface area (Å²) in [5.74, 6) is -0.137. The third-order valence-electron chi connectivity index (χ3n) is 3.12. The van der Waals surface area contributed by atoms with Crippen molar-refractivity contribution in [3.8, 4) is 0 Å². The predicted molar refractivity (Wildman–Crippen MR) is 83.3 cm³/mol. The number of amides is 2. The minimum absolute atomic E-state index is 0.279. The van der Waals surface area contributed by atoms with Gasteiger partial charge in [0, 0.05) is 12.2 Å². The molecule has 0 radical (unpaired) electrons. The number of benzene rings is 1. The topological polar surface area (TPSA) is 58.6 Å². The number of para-hydroxylation sites is 1. The fourth-order valence-electron chi connectivity index (χ4n) is 2.11. The summed E-state index contributed by atoms with van der Waals surface area (Å²) in [5.41, 5.74) is 0.797. The summed E-state index contributed by atoms with van der Waals surface area (Å²) >= 11 is 0. The van der Waals surface area contributed by atoms with Crippen LogP contribution in [0.4, 0.5) is 10.5 Å². The Bertz CT molecular complexity index is 460. The predicted octanol–water partition coefficient (Wildman–Crippen LogP) is 2.81. The summed E-state index contributed by atoms with van der Waals surface area (Å²) in [6.45, 7) is 6.40. The van der Waals surface area contributed by atoms with Gasteiger partial charge >= 0.3 is 12.0 Å². The molecule has 1 rings (SSSR count). The molecule has 5 nitrogen and oxygen atoms in total. The number of methoxy groups -OCH3 is 1. The third kappa shape index (κ3) is 5.10. The lowest BCUT2D eigenvalue weighted by atomic mass is 10.0. The number of esters is 1. The number of anilines is 1. The Morgan fingerprint density at radius 2 is 1.86 bits per heavy atom. The molecule has 0 saturated carbocycles. The SMILES string of the molecule is CCN(C(=O)N[C@@H](CC(C)C)C(=O)OC)c1ccccc1. The number of ether oxygens (including phenoxy) is 1. The Morgan fingerprint density at radius 1 is 1.24 bits per heavy atom. The first-order valence-corrected chi connectivity index (χ1v) is 7.20. The Balaban J connectivity index is 2.81. The van der Waals surface area contributed by atoms with Gasteiger partial charge in [-0.15, -0.1) is 0 Å². The van der Waals surface area contributed by atoms with Crippen molar-refractivity contribution < 1.29 is 14.3 Å². The molecular weight excluding hydrogens is 268 g/mol. The molecule has 0 bridgehead atoms. The van der Waals surface area contributed by atoms with Gasteiger partial charge in [-0.1, -0.05) is 32.0 Å². The Hall–Kier alpha value is -2.04. The van der Waals surface area contributed by atoms with E-state index in [1.54, 1.807) is 4.90 Å². The fourth-order valence-corrected chi connectivity index (χ4v) is 2.11. The number of rotatable bonds is 6. The number of hydrogen-bond donors (Lipinski definition) is 1. The van der Waals surface area contributed by atoms with Gasteiger partial charge in [0.15, 0.2) is 0 Å². The van der Waals surface area contributed by atoms with Crippen LogP contribution in [0.1, 0.15) is 27.2 Å². The average Bonchev–Trinajstić information content (AvgIpc) is 2.47. The van der Waals surface area contributed by atoms with Crippen molar-refractivity contribution >= 4 is 17.7 Å². The normalized spacial score (nSPS) is 11.9. The molecular formula is C16H24N2O3. The smallest absolute Gasteiger partial charge is 0.328 e. The second-order valence-electron chi connectivity index (χ2n) is 5.23. The third-order valence-corrected chi connectivity index (χ3v) is 3.12. The summed E-state index contributed by atoms with van der Waals surface area (Å²) in [7, 11) is 1.33. The molecule has 0 aromatic heterocycles. The van der Waals surface area contributed by atoms with Crippen LogP contribution in [0, 0.1) is 5.92 Å². The molecule has 1 aromatic rings. The molecule has 116 valence electrons. The van der Waals surface area contributed by atoms with Gasteiger partial charge in [0.05, 0.1) is 7.11 Å². The van der Waals surface area contributed by atoms with E-state index in [2.05, 4.69) is 5.32 Å². The van der Waals surface area contributed by atoms with Crippen molar-refractivity contribution in [1.82, 2.24) is 5.32 Å². The first-order chi connectivity index (χ1) is 9.99. The Morgan fingerprint density at radius 3 is 2.33 bits per heavy atom. The fraction of sp³-hybridized carbons (Fsp3) is 0.500. The number of carbonyl (C=O) groups is 2. The number of carbonyl (C=O) groups excluding carboxylic acids is 2. The molecule has 0 fully saturated rings. The zero-order valence-electron chi connectivity index (χ0n) is 13.1. The van der Waals surface area contributed by atoms with Crippen molar-refractivity contribution in [3.05, 3.63) is 30.3 Å². The van der Waals surface area contributed by atoms with Crippen LogP contribution in [-0.2, 0) is 9.53 Å². The largest absolute Gasteiger partial charge is 0.467 e. The highest BCUT2D eigenvalue weighted by Gasteiger charge is 2.25. The van der Waals surface area contributed by atoms with Crippen molar-refractivity contribution in [3.63, 3.8) is 0 Å². The Labute approximate surface area is 126 Å². The van der Waals surface area contributed by atoms with Gasteiger partial charge in [0.2, 0.25) is 0 Å². The van der Waals surface area contributed by atoms with E-state index in [9.17, 15) is 9.59 Å². The lowest BCUT2D eigenvalue weighted by Crippen LogP contribution is -2.49. The Kier molecular flexibility index (Phi) is 6.72. The van der Waals surface area contributed by atoms with E-state index in [-0.39, 0.29) is 11.9 Å². The molecule has 0 heterocycles. The summed E-state index contributed by atoms with van der Waals surface area (Å²) < 4.78 is 4.76. The molecule has 5 heteroatoms. The second kappa shape index (κ2) is 8.29. The van der Waals surface area contributed by atoms with Gasteiger partial charge in [0.1, 0.15) is 6.04 Å². The molecule has 21 heavy (non-hydrogen) atoms. The second-order valence-corrected chi connectivity index (χ2v) is 5.23. The van der Waals surface area contributed by atoms with Crippen LogP contribution in [0.25, 0.3) is 0 Å². The van der Waals surface area contributed by atoms with Gasteiger partial charge in [-0.3, -0.25) is 4.90 Å². The number of urea groups is 1. The molecule has 1 atom stereocenters. The maximum Gasteiger partial charge on any atom is 0.328 e. The van der Waals surface area contributed by atoms with E-state index in [0.29, 0.717) is 13.0 Å². The van der Waals surface area contributed by atoms with Crippen LogP contribution in [0.5, 0.6) is 0 Å². The van der Waals surface area contributed by atoms with Crippen molar-refractivity contribution in [2.45, 2.75) is 33.2 Å². The minimum atomic E-state index is -0.625. The summed E-state index contributed by atoms with van der Waals surface area (Å²) in [4.78, 5) is 25.8. The maximum atomic E-state index is 12.4. The molecule has 0 aliphatic heterocycles. The molecule has 0 aliphatic rings. The highest BCUT2D eigenvalue weighted by molar-refractivity contribution is 5.94. The zero-order chi connectivity index (χ0) is 15.8. The van der Waals surface area contributed by atoms with Gasteiger partial charge in [-0.25, -0.2) is 9.59 Å². The molecule has 0 saturated heterocycles. The first kappa shape index (κ1) is 17.0. The van der Waals surface area contributed by atoms with E-state index in [1.165, 1.54) is 7.11 Å². The van der Waals surface area contributed by atoms with Gasteiger partial charge in [0.25, 0.3) is 0 Å². The van der Waals surface area contributed by atoms with E-state index in [1.807, 2.05) is 51.1 Å². The van der Waals surface area contributed by atoms with Crippen LogP contribution >= 0.6 is 0 Å². The summed E-state index contributed by atoms with van der Waals surface area (Å²) in [5, 5.41) is 2.76. The van der Waals surface area contributed by atoms with Gasteiger partial charge in [-0.05, 0) is 31.4 Å². The average molecular weight is 292 g/mol. The molecule has 2 amide bonds. The lowest BCUT2D eigenvalue weighted by molar-refractivity contribution is -0.143. The molecule has 0 unspecified atom stereocenters. The van der Waals surface area contributed by atoms with Crippen molar-refractivity contribution in [2.24, 2.45) is 5.92 Å². The molecule has 1 N–H and O–H groups in total. The summed E-state index contributed by atoms with van der Waals surface area (Å²) in [6, 6.07) is 8.44. The standard InChI is InChI=1S/C16H24N2O3/c1-5-18(13-9-7-6-8-10-13)16(20)17-14(11-12(2)3)15(19)21-4/h6-10,12,14H,5,11H2,1-4H3,(H,17,20)/t14-/m0/s1. The highest BCUT2D eigenvalue weighted by Crippen LogP contribution is 2.14. The van der Waals surface area contributed by atoms with Crippen LogP contribution in [0.15, 0.2) is 30.3 Å².